The number of para-hydroxylation sites is 1. The fourth-order valence-electron chi connectivity index (χ4n) is 4.45. The lowest BCUT2D eigenvalue weighted by Crippen LogP contribution is -2.40. The largest absolute Gasteiger partial charge is 0.370 e. The fraction of sp³-hybridized carbons (Fsp3) is 0.320. The van der Waals surface area contributed by atoms with Gasteiger partial charge in [0.2, 0.25) is 5.91 Å². The zero-order chi connectivity index (χ0) is 24.2. The highest BCUT2D eigenvalue weighted by atomic mass is 16.2. The zero-order valence-electron chi connectivity index (χ0n) is 18.6. The van der Waals surface area contributed by atoms with E-state index in [0.29, 0.717) is 5.56 Å². The molecule has 0 spiro atoms. The maximum Gasteiger partial charge on any atom is 0.261 e. The van der Waals surface area contributed by atoms with Crippen LogP contribution in [0, 0.1) is 0 Å². The predicted octanol–water partition coefficient (Wildman–Crippen LogP) is 2.47. The van der Waals surface area contributed by atoms with Crippen LogP contribution in [0.25, 0.3) is 0 Å². The maximum absolute atomic E-state index is 13.0. The van der Waals surface area contributed by atoms with Crippen LogP contribution in [0.4, 0.5) is 5.69 Å². The molecule has 1 aliphatic heterocycles. The molecule has 2 aromatic rings. The summed E-state index contributed by atoms with van der Waals surface area (Å²) in [6.07, 6.45) is 4.69. The Balaban J connectivity index is 1.50. The van der Waals surface area contributed by atoms with E-state index >= 15 is 0 Å². The van der Waals surface area contributed by atoms with Crippen molar-refractivity contribution in [2.75, 3.05) is 11.9 Å². The third-order valence-electron chi connectivity index (χ3n) is 6.20. The fourth-order valence-corrected chi connectivity index (χ4v) is 4.45. The highest BCUT2D eigenvalue weighted by molar-refractivity contribution is 6.22. The van der Waals surface area contributed by atoms with Crippen LogP contribution in [0.15, 0.2) is 42.5 Å². The average Bonchev–Trinajstić information content (AvgIpc) is 3.09. The molecule has 9 nitrogen and oxygen atoms in total. The molecule has 4 N–H and O–H groups in total. The van der Waals surface area contributed by atoms with Crippen molar-refractivity contribution in [1.29, 1.82) is 0 Å². The van der Waals surface area contributed by atoms with Gasteiger partial charge >= 0.3 is 0 Å². The van der Waals surface area contributed by atoms with Crippen molar-refractivity contribution in [2.45, 2.75) is 44.6 Å². The molecule has 34 heavy (non-hydrogen) atoms. The smallest absolute Gasteiger partial charge is 0.261 e. The second kappa shape index (κ2) is 9.86. The average molecular weight is 463 g/mol. The SMILES string of the molecule is NC(=O)CCNC(=O)c1ccccc1NC(=O)c1ccc2c(c1)C(=O)N(C1CCCCC1)C2=O. The first kappa shape index (κ1) is 23.2. The van der Waals surface area contributed by atoms with Gasteiger partial charge in [0.15, 0.2) is 0 Å². The van der Waals surface area contributed by atoms with Crippen molar-refractivity contribution >= 4 is 35.2 Å². The first-order chi connectivity index (χ1) is 16.4. The first-order valence-corrected chi connectivity index (χ1v) is 11.4. The monoisotopic (exact) mass is 462 g/mol. The van der Waals surface area contributed by atoms with Gasteiger partial charge in [0.1, 0.15) is 0 Å². The molecule has 176 valence electrons. The number of hydrogen-bond acceptors (Lipinski definition) is 5. The number of carbonyl (C=O) groups excluding carboxylic acids is 5. The van der Waals surface area contributed by atoms with Gasteiger partial charge in [-0.1, -0.05) is 31.4 Å². The summed E-state index contributed by atoms with van der Waals surface area (Å²) in [6, 6.07) is 10.8. The van der Waals surface area contributed by atoms with Gasteiger partial charge in [0.05, 0.1) is 22.4 Å². The Morgan fingerprint density at radius 1 is 0.912 bits per heavy atom. The third kappa shape index (κ3) is 4.68. The number of benzene rings is 2. The lowest BCUT2D eigenvalue weighted by molar-refractivity contribution is -0.117. The Bertz CT molecular complexity index is 1170. The Labute approximate surface area is 196 Å². The van der Waals surface area contributed by atoms with Crippen LogP contribution in [0.5, 0.6) is 0 Å². The van der Waals surface area contributed by atoms with Gasteiger partial charge in [-0.15, -0.1) is 0 Å². The summed E-state index contributed by atoms with van der Waals surface area (Å²) in [5, 5.41) is 5.28. The van der Waals surface area contributed by atoms with Gasteiger partial charge in [-0.2, -0.15) is 0 Å². The first-order valence-electron chi connectivity index (χ1n) is 11.4. The van der Waals surface area contributed by atoms with E-state index < -0.39 is 17.7 Å². The van der Waals surface area contributed by atoms with Crippen molar-refractivity contribution in [1.82, 2.24) is 10.2 Å². The lowest BCUT2D eigenvalue weighted by atomic mass is 9.94. The Kier molecular flexibility index (Phi) is 6.72. The topological polar surface area (TPSA) is 139 Å². The van der Waals surface area contributed by atoms with Gasteiger partial charge in [0.25, 0.3) is 23.6 Å². The van der Waals surface area contributed by atoms with Gasteiger partial charge in [-0.25, -0.2) is 0 Å². The minimum atomic E-state index is -0.534. The number of nitrogens with one attached hydrogen (secondary N) is 2. The number of rotatable bonds is 7. The molecule has 0 bridgehead atoms. The summed E-state index contributed by atoms with van der Waals surface area (Å²) in [4.78, 5) is 63.5. The van der Waals surface area contributed by atoms with Gasteiger partial charge < -0.3 is 16.4 Å². The molecule has 0 aromatic heterocycles. The third-order valence-corrected chi connectivity index (χ3v) is 6.20. The minimum Gasteiger partial charge on any atom is -0.370 e. The van der Waals surface area contributed by atoms with Crippen LogP contribution < -0.4 is 16.4 Å². The summed E-state index contributed by atoms with van der Waals surface area (Å²) in [5.41, 5.74) is 6.32. The molecular formula is C25H26N4O5. The van der Waals surface area contributed by atoms with Crippen LogP contribution in [-0.2, 0) is 4.79 Å². The molecule has 5 amide bonds. The van der Waals surface area contributed by atoms with Crippen LogP contribution in [0.1, 0.15) is 80.0 Å². The number of fused-ring (bicyclic) bond motifs is 1. The molecule has 1 heterocycles. The zero-order valence-corrected chi connectivity index (χ0v) is 18.6. The molecule has 2 aromatic carbocycles. The molecular weight excluding hydrogens is 436 g/mol. The predicted molar refractivity (Wildman–Crippen MR) is 124 cm³/mol. The van der Waals surface area contributed by atoms with E-state index in [1.165, 1.54) is 23.1 Å². The molecule has 0 atom stereocenters. The second-order valence-electron chi connectivity index (χ2n) is 8.50. The van der Waals surface area contributed by atoms with Gasteiger partial charge in [0, 0.05) is 24.6 Å². The van der Waals surface area contributed by atoms with E-state index in [2.05, 4.69) is 10.6 Å². The summed E-state index contributed by atoms with van der Waals surface area (Å²) in [6.45, 7) is 0.0783. The van der Waals surface area contributed by atoms with Crippen molar-refractivity contribution < 1.29 is 24.0 Å². The number of primary amides is 1. The molecule has 0 saturated heterocycles. The summed E-state index contributed by atoms with van der Waals surface area (Å²) in [5.74, 6) is -2.19. The van der Waals surface area contributed by atoms with Crippen LogP contribution in [0.2, 0.25) is 0 Å². The molecule has 1 saturated carbocycles. The second-order valence-corrected chi connectivity index (χ2v) is 8.50. The van der Waals surface area contributed by atoms with Crippen LogP contribution in [0.3, 0.4) is 0 Å². The Morgan fingerprint density at radius 2 is 1.62 bits per heavy atom. The number of carbonyl (C=O) groups is 5. The highest BCUT2D eigenvalue weighted by Crippen LogP contribution is 2.31. The van der Waals surface area contributed by atoms with E-state index in [1.54, 1.807) is 24.3 Å². The van der Waals surface area contributed by atoms with Crippen molar-refractivity contribution in [3.05, 3.63) is 64.7 Å². The summed E-state index contributed by atoms with van der Waals surface area (Å²) in [7, 11) is 0. The van der Waals surface area contributed by atoms with Crippen LogP contribution >= 0.6 is 0 Å². The van der Waals surface area contributed by atoms with E-state index in [4.69, 9.17) is 5.73 Å². The van der Waals surface area contributed by atoms with Crippen molar-refractivity contribution in [3.8, 4) is 0 Å². The highest BCUT2D eigenvalue weighted by Gasteiger charge is 2.40. The minimum absolute atomic E-state index is 0.0000151. The molecule has 2 aliphatic rings. The molecule has 9 heteroatoms. The van der Waals surface area contributed by atoms with Crippen LogP contribution in [-0.4, -0.2) is 47.0 Å². The van der Waals surface area contributed by atoms with E-state index in [1.807, 2.05) is 0 Å². The Morgan fingerprint density at radius 3 is 2.35 bits per heavy atom. The van der Waals surface area contributed by atoms with E-state index in [9.17, 15) is 24.0 Å². The summed E-state index contributed by atoms with van der Waals surface area (Å²) >= 11 is 0. The molecule has 0 radical (unpaired) electrons. The van der Waals surface area contributed by atoms with Crippen molar-refractivity contribution in [3.63, 3.8) is 0 Å². The quantitative estimate of drug-likeness (QED) is 0.543. The normalized spacial score (nSPS) is 15.7. The number of imide groups is 1. The lowest BCUT2D eigenvalue weighted by Gasteiger charge is -2.29. The van der Waals surface area contributed by atoms with Gasteiger partial charge in [-0.3, -0.25) is 28.9 Å². The maximum atomic E-state index is 13.0. The number of nitrogens with zero attached hydrogens (tertiary/aromatic N) is 1. The number of anilines is 1. The number of amides is 5. The molecule has 0 unspecified atom stereocenters. The number of hydrogen-bond donors (Lipinski definition) is 3. The summed E-state index contributed by atoms with van der Waals surface area (Å²) < 4.78 is 0. The van der Waals surface area contributed by atoms with E-state index in [0.717, 1.165) is 32.1 Å². The van der Waals surface area contributed by atoms with E-state index in [-0.39, 0.29) is 53.2 Å². The molecule has 1 fully saturated rings. The number of nitrogens with two attached hydrogens (primary N) is 1. The molecule has 4 rings (SSSR count). The van der Waals surface area contributed by atoms with Gasteiger partial charge in [-0.05, 0) is 43.2 Å². The standard InChI is InChI=1S/C25H26N4O5/c26-21(30)12-13-27-23(32)18-8-4-5-9-20(18)28-22(31)15-10-11-17-19(14-15)25(34)29(24(17)33)16-6-2-1-3-7-16/h4-5,8-11,14,16H,1-3,6-7,12-13H2,(H2,26,30)(H,27,32)(H,28,31). The van der Waals surface area contributed by atoms with Crippen molar-refractivity contribution in [2.24, 2.45) is 5.73 Å². The Hall–Kier alpha value is -4.01. The molecule has 1 aliphatic carbocycles.